The molecule has 0 heterocycles. The summed E-state index contributed by atoms with van der Waals surface area (Å²) in [5.41, 5.74) is 2.41. The number of halogens is 2. The highest BCUT2D eigenvalue weighted by molar-refractivity contribution is 6.34. The van der Waals surface area contributed by atoms with Crippen molar-refractivity contribution in [1.29, 1.82) is 0 Å². The SMILES string of the molecule is CC(C)CC(NC(Cc1ccc(OCC2CCCCC2)cc1)C(=O)O)C(=O)O.CC(C)CC(NC(Cc1ccc(OCc2cc(Cl)cc(Cl)c2)cc1)C(=O)O)C(=O)O. The molecule has 0 amide bonds. The third-order valence-corrected chi connectivity index (χ3v) is 10.1. The van der Waals surface area contributed by atoms with Crippen LogP contribution in [0.2, 0.25) is 10.0 Å². The zero-order valence-corrected chi connectivity index (χ0v) is 35.2. The maximum Gasteiger partial charge on any atom is 0.321 e. The van der Waals surface area contributed by atoms with E-state index >= 15 is 0 Å². The van der Waals surface area contributed by atoms with Crippen molar-refractivity contribution in [2.24, 2.45) is 17.8 Å². The van der Waals surface area contributed by atoms with Gasteiger partial charge in [-0.1, -0.05) is 94.4 Å². The first-order valence-corrected chi connectivity index (χ1v) is 20.6. The summed E-state index contributed by atoms with van der Waals surface area (Å²) in [6, 6.07) is 15.8. The van der Waals surface area contributed by atoms with Gasteiger partial charge in [0.1, 0.15) is 42.3 Å². The summed E-state index contributed by atoms with van der Waals surface area (Å²) in [6.07, 6.45) is 7.45. The van der Waals surface area contributed by atoms with Crippen LogP contribution in [0.15, 0.2) is 66.7 Å². The Labute approximate surface area is 351 Å². The van der Waals surface area contributed by atoms with Gasteiger partial charge in [0.05, 0.1) is 6.61 Å². The van der Waals surface area contributed by atoms with Crippen LogP contribution in [-0.4, -0.2) is 75.1 Å². The standard InChI is InChI=1S/C22H25Cl2NO5.C22H33NO5/c1-13(2)7-19(21(26)27)25-20(22(28)29)10-14-3-5-18(6-4-14)30-12-15-8-16(23)11-17(24)9-15;1-15(2)12-19(21(24)25)23-20(22(26)27)13-16-8-10-18(11-9-16)28-14-17-6-4-3-5-7-17/h3-6,8-9,11,13,19-20,25H,7,10,12H2,1-2H3,(H,26,27)(H,28,29);8-11,15,17,19-20,23H,3-7,12-14H2,1-2H3,(H,24,25)(H,26,27). The Hall–Kier alpha value is -4.36. The molecule has 0 aromatic heterocycles. The number of nitrogens with one attached hydrogen (secondary N) is 2. The Bertz CT molecular complexity index is 1730. The average Bonchev–Trinajstić information content (AvgIpc) is 3.16. The van der Waals surface area contributed by atoms with E-state index in [0.717, 1.165) is 29.0 Å². The minimum atomic E-state index is -1.09. The van der Waals surface area contributed by atoms with Gasteiger partial charge >= 0.3 is 23.9 Å². The fourth-order valence-corrected chi connectivity index (χ4v) is 7.26. The van der Waals surface area contributed by atoms with Gasteiger partial charge in [-0.3, -0.25) is 29.8 Å². The maximum atomic E-state index is 11.6. The van der Waals surface area contributed by atoms with Crippen LogP contribution in [0, 0.1) is 17.8 Å². The fraction of sp³-hybridized carbons (Fsp3) is 0.500. The van der Waals surface area contributed by atoms with Crippen LogP contribution in [0.1, 0.15) is 89.3 Å². The van der Waals surface area contributed by atoms with Gasteiger partial charge < -0.3 is 29.9 Å². The molecule has 0 saturated heterocycles. The summed E-state index contributed by atoms with van der Waals surface area (Å²) in [7, 11) is 0. The third kappa shape index (κ3) is 18.1. The van der Waals surface area contributed by atoms with E-state index < -0.39 is 48.0 Å². The van der Waals surface area contributed by atoms with Gasteiger partial charge in [0.15, 0.2) is 0 Å². The molecule has 14 heteroatoms. The predicted molar refractivity (Wildman–Crippen MR) is 224 cm³/mol. The first kappa shape index (κ1) is 48.0. The van der Waals surface area contributed by atoms with Crippen molar-refractivity contribution in [3.05, 3.63) is 93.5 Å². The lowest BCUT2D eigenvalue weighted by molar-refractivity contribution is -0.144. The molecule has 4 unspecified atom stereocenters. The van der Waals surface area contributed by atoms with Gasteiger partial charge in [-0.15, -0.1) is 0 Å². The van der Waals surface area contributed by atoms with Crippen LogP contribution in [0.5, 0.6) is 11.5 Å². The molecule has 58 heavy (non-hydrogen) atoms. The Morgan fingerprint density at radius 3 is 1.36 bits per heavy atom. The lowest BCUT2D eigenvalue weighted by atomic mass is 9.90. The molecule has 4 rings (SSSR count). The molecule has 1 aliphatic rings. The molecule has 1 saturated carbocycles. The second-order valence-corrected chi connectivity index (χ2v) is 16.6. The molecule has 4 atom stereocenters. The monoisotopic (exact) mass is 844 g/mol. The van der Waals surface area contributed by atoms with Crippen molar-refractivity contribution in [2.45, 2.75) is 116 Å². The van der Waals surface area contributed by atoms with Crippen molar-refractivity contribution < 1.29 is 49.1 Å². The quantitative estimate of drug-likeness (QED) is 0.0567. The second kappa shape index (κ2) is 24.5. The summed E-state index contributed by atoms with van der Waals surface area (Å²) in [4.78, 5) is 46.1. The van der Waals surface area contributed by atoms with Gasteiger partial charge in [0.25, 0.3) is 0 Å². The normalized spacial score (nSPS) is 15.1. The largest absolute Gasteiger partial charge is 0.493 e. The van der Waals surface area contributed by atoms with Gasteiger partial charge in [0, 0.05) is 10.0 Å². The number of carboxylic acid groups (broad SMARTS) is 4. The van der Waals surface area contributed by atoms with E-state index in [0.29, 0.717) is 34.6 Å². The number of carbonyl (C=O) groups is 4. The van der Waals surface area contributed by atoms with Gasteiger partial charge in [-0.2, -0.15) is 0 Å². The van der Waals surface area contributed by atoms with Crippen molar-refractivity contribution in [3.8, 4) is 11.5 Å². The molecule has 318 valence electrons. The molecule has 1 fully saturated rings. The van der Waals surface area contributed by atoms with E-state index in [9.17, 15) is 39.6 Å². The van der Waals surface area contributed by atoms with Crippen LogP contribution < -0.4 is 20.1 Å². The highest BCUT2D eigenvalue weighted by Crippen LogP contribution is 2.25. The van der Waals surface area contributed by atoms with Crippen molar-refractivity contribution in [1.82, 2.24) is 10.6 Å². The highest BCUT2D eigenvalue weighted by atomic mass is 35.5. The Morgan fingerprint density at radius 2 is 0.983 bits per heavy atom. The third-order valence-electron chi connectivity index (χ3n) is 9.68. The number of rotatable bonds is 22. The summed E-state index contributed by atoms with van der Waals surface area (Å²) in [6.45, 7) is 8.63. The molecule has 0 radical (unpaired) electrons. The lowest BCUT2D eigenvalue weighted by Gasteiger charge is -2.22. The van der Waals surface area contributed by atoms with Crippen LogP contribution in [0.3, 0.4) is 0 Å². The van der Waals surface area contributed by atoms with E-state index in [4.69, 9.17) is 32.7 Å². The van der Waals surface area contributed by atoms with Gasteiger partial charge in [0.2, 0.25) is 0 Å². The van der Waals surface area contributed by atoms with Crippen LogP contribution >= 0.6 is 23.2 Å². The van der Waals surface area contributed by atoms with E-state index in [1.165, 1.54) is 32.1 Å². The van der Waals surface area contributed by atoms with Crippen molar-refractivity contribution in [3.63, 3.8) is 0 Å². The molecule has 6 N–H and O–H groups in total. The first-order valence-electron chi connectivity index (χ1n) is 19.8. The number of benzene rings is 3. The molecule has 1 aliphatic carbocycles. The average molecular weight is 846 g/mol. The Balaban J connectivity index is 0.000000311. The van der Waals surface area contributed by atoms with Crippen molar-refractivity contribution >= 4 is 47.1 Å². The number of carboxylic acids is 4. The van der Waals surface area contributed by atoms with E-state index in [-0.39, 0.29) is 31.3 Å². The van der Waals surface area contributed by atoms with Crippen LogP contribution in [0.25, 0.3) is 0 Å². The second-order valence-electron chi connectivity index (χ2n) is 15.7. The molecule has 0 aliphatic heterocycles. The molecule has 0 spiro atoms. The Morgan fingerprint density at radius 1 is 0.586 bits per heavy atom. The summed E-state index contributed by atoms with van der Waals surface area (Å²) < 4.78 is 11.6. The topological polar surface area (TPSA) is 192 Å². The zero-order chi connectivity index (χ0) is 42.8. The Kier molecular flexibility index (Phi) is 20.3. The van der Waals surface area contributed by atoms with Crippen LogP contribution in [0.4, 0.5) is 0 Å². The van der Waals surface area contributed by atoms with E-state index in [1.54, 1.807) is 42.5 Å². The summed E-state index contributed by atoms with van der Waals surface area (Å²) in [5, 5.41) is 44.3. The lowest BCUT2D eigenvalue weighted by Crippen LogP contribution is -2.48. The molecular formula is C44H58Cl2N2O10. The maximum absolute atomic E-state index is 11.6. The predicted octanol–water partition coefficient (Wildman–Crippen LogP) is 8.39. The molecular weight excluding hydrogens is 787 g/mol. The zero-order valence-electron chi connectivity index (χ0n) is 33.7. The molecule has 3 aromatic carbocycles. The first-order chi connectivity index (χ1) is 27.5. The number of ether oxygens (including phenoxy) is 2. The van der Waals surface area contributed by atoms with Crippen molar-refractivity contribution in [2.75, 3.05) is 6.61 Å². The summed E-state index contributed by atoms with van der Waals surface area (Å²) in [5.74, 6) is -1.91. The summed E-state index contributed by atoms with van der Waals surface area (Å²) >= 11 is 12.0. The van der Waals surface area contributed by atoms with Gasteiger partial charge in [-0.05, 0) is 115 Å². The minimum Gasteiger partial charge on any atom is -0.493 e. The van der Waals surface area contributed by atoms with Crippen LogP contribution in [-0.2, 0) is 38.6 Å². The number of hydrogen-bond acceptors (Lipinski definition) is 8. The number of aliphatic carboxylic acids is 4. The van der Waals surface area contributed by atoms with Gasteiger partial charge in [-0.25, -0.2) is 0 Å². The van der Waals surface area contributed by atoms with E-state index in [2.05, 4.69) is 10.6 Å². The molecule has 12 nitrogen and oxygen atoms in total. The highest BCUT2D eigenvalue weighted by Gasteiger charge is 2.28. The number of hydrogen-bond donors (Lipinski definition) is 6. The fourth-order valence-electron chi connectivity index (χ4n) is 6.69. The minimum absolute atomic E-state index is 0.124. The smallest absolute Gasteiger partial charge is 0.321 e. The van der Waals surface area contributed by atoms with E-state index in [1.807, 2.05) is 52.0 Å². The molecule has 3 aromatic rings. The molecule has 0 bridgehead atoms.